The Bertz CT molecular complexity index is 454. The van der Waals surface area contributed by atoms with Crippen LogP contribution in [0.2, 0.25) is 0 Å². The highest BCUT2D eigenvalue weighted by Gasteiger charge is 2.29. The zero-order chi connectivity index (χ0) is 11.8. The fourth-order valence-electron chi connectivity index (χ4n) is 1.57. The Balaban J connectivity index is 2.43. The molecule has 5 heteroatoms. The number of imidazole rings is 1. The van der Waals surface area contributed by atoms with Crippen LogP contribution in [-0.4, -0.2) is 16.1 Å². The van der Waals surface area contributed by atoms with Crippen molar-refractivity contribution in [3.05, 3.63) is 29.4 Å². The lowest BCUT2D eigenvalue weighted by atomic mass is 9.90. The number of H-pyrrole nitrogens is 2. The zero-order valence-electron chi connectivity index (χ0n) is 8.95. The van der Waals surface area contributed by atoms with Gasteiger partial charge in [0.1, 0.15) is 5.41 Å². The quantitative estimate of drug-likeness (QED) is 0.674. The molecule has 0 spiro atoms. The van der Waals surface area contributed by atoms with E-state index in [0.29, 0.717) is 6.54 Å². The topological polar surface area (TPSA) is 93.2 Å². The lowest BCUT2D eigenvalue weighted by Gasteiger charge is -2.13. The fraction of sp³-hybridized carbons (Fsp3) is 0.273. The summed E-state index contributed by atoms with van der Waals surface area (Å²) in [6.07, 6.45) is 6.84. The minimum atomic E-state index is -0.962. The van der Waals surface area contributed by atoms with Gasteiger partial charge in [0.2, 0.25) is 0 Å². The van der Waals surface area contributed by atoms with Crippen LogP contribution in [0.5, 0.6) is 0 Å². The number of fused-ring (bicyclic) bond motifs is 1. The number of hydrogen-bond acceptors (Lipinski definition) is 2. The average Bonchev–Trinajstić information content (AvgIpc) is 2.59. The van der Waals surface area contributed by atoms with Crippen LogP contribution in [0.4, 0.5) is 0 Å². The zero-order valence-corrected chi connectivity index (χ0v) is 8.95. The molecule has 1 heterocycles. The second-order valence-electron chi connectivity index (χ2n) is 4.01. The number of carboxylic acids is 1. The molecule has 0 bridgehead atoms. The van der Waals surface area contributed by atoms with Crippen LogP contribution >= 0.6 is 0 Å². The van der Waals surface area contributed by atoms with Crippen molar-refractivity contribution < 1.29 is 14.9 Å². The summed E-state index contributed by atoms with van der Waals surface area (Å²) in [7, 11) is 0. The minimum absolute atomic E-state index is 0.394. The summed E-state index contributed by atoms with van der Waals surface area (Å²) in [5.41, 5.74) is 6.23. The lowest BCUT2D eigenvalue weighted by molar-refractivity contribution is -0.390. The van der Waals surface area contributed by atoms with E-state index in [1.54, 1.807) is 31.2 Å². The number of carboxylic acid groups (broad SMARTS) is 1. The van der Waals surface area contributed by atoms with E-state index in [1.807, 2.05) is 0 Å². The fourth-order valence-corrected chi connectivity index (χ4v) is 1.57. The molecule has 1 aromatic heterocycles. The number of aliphatic carboxylic acids is 1. The van der Waals surface area contributed by atoms with Crippen molar-refractivity contribution in [2.75, 3.05) is 0 Å². The van der Waals surface area contributed by atoms with E-state index in [2.05, 4.69) is 9.97 Å². The normalized spacial score (nSPS) is 22.9. The van der Waals surface area contributed by atoms with Gasteiger partial charge in [-0.2, -0.15) is 0 Å². The first-order chi connectivity index (χ1) is 7.55. The summed E-state index contributed by atoms with van der Waals surface area (Å²) in [6.45, 7) is 2.04. The maximum Gasteiger partial charge on any atom is 0.317 e. The van der Waals surface area contributed by atoms with Crippen LogP contribution in [0.3, 0.4) is 0 Å². The molecular formula is C11H14N3O2+. The number of aromatic nitrogens is 2. The van der Waals surface area contributed by atoms with E-state index < -0.39 is 11.4 Å². The number of nitrogens with two attached hydrogens (primary N) is 1. The summed E-state index contributed by atoms with van der Waals surface area (Å²) in [5, 5.41) is 9.10. The van der Waals surface area contributed by atoms with Crippen molar-refractivity contribution >= 4 is 18.1 Å². The van der Waals surface area contributed by atoms with Crippen molar-refractivity contribution in [1.29, 1.82) is 0 Å². The van der Waals surface area contributed by atoms with Crippen molar-refractivity contribution in [3.63, 3.8) is 0 Å². The molecule has 0 saturated carbocycles. The molecule has 0 amide bonds. The van der Waals surface area contributed by atoms with Crippen LogP contribution in [0.15, 0.2) is 12.2 Å². The van der Waals surface area contributed by atoms with Gasteiger partial charge < -0.3 is 10.8 Å². The summed E-state index contributed by atoms with van der Waals surface area (Å²) in [5.74, 6) is -0.0533. The minimum Gasteiger partial charge on any atom is -0.480 e. The molecule has 5 N–H and O–H groups in total. The number of rotatable bonds is 2. The Morgan fingerprint density at radius 3 is 2.88 bits per heavy atom. The molecule has 0 atom stereocenters. The highest BCUT2D eigenvalue weighted by atomic mass is 16.4. The van der Waals surface area contributed by atoms with Crippen LogP contribution in [0.25, 0.3) is 12.2 Å². The van der Waals surface area contributed by atoms with E-state index in [4.69, 9.17) is 10.8 Å². The van der Waals surface area contributed by atoms with Gasteiger partial charge in [0.25, 0.3) is 5.82 Å². The van der Waals surface area contributed by atoms with Gasteiger partial charge in [-0.25, -0.2) is 9.97 Å². The lowest BCUT2D eigenvalue weighted by Crippen LogP contribution is -2.22. The SMILES string of the molecule is CC1(C(=O)O)C=Cc2[nH]c(CN)[nH+]c2C=C1. The maximum atomic E-state index is 11.1. The second kappa shape index (κ2) is 3.61. The van der Waals surface area contributed by atoms with Gasteiger partial charge in [-0.15, -0.1) is 0 Å². The molecule has 0 aromatic carbocycles. The molecule has 0 fully saturated rings. The molecule has 84 valence electrons. The van der Waals surface area contributed by atoms with Crippen molar-refractivity contribution in [1.82, 2.24) is 4.98 Å². The predicted molar refractivity (Wildman–Crippen MR) is 59.1 cm³/mol. The summed E-state index contributed by atoms with van der Waals surface area (Å²) >= 11 is 0. The smallest absolute Gasteiger partial charge is 0.317 e. The molecule has 1 aliphatic carbocycles. The van der Waals surface area contributed by atoms with Crippen LogP contribution in [0.1, 0.15) is 24.1 Å². The maximum absolute atomic E-state index is 11.1. The highest BCUT2D eigenvalue weighted by Crippen LogP contribution is 2.26. The Morgan fingerprint density at radius 2 is 2.25 bits per heavy atom. The molecule has 5 nitrogen and oxygen atoms in total. The third-order valence-electron chi connectivity index (χ3n) is 2.72. The monoisotopic (exact) mass is 220 g/mol. The molecule has 0 aliphatic heterocycles. The van der Waals surface area contributed by atoms with E-state index in [9.17, 15) is 4.79 Å². The molecule has 1 aromatic rings. The first-order valence-corrected chi connectivity index (χ1v) is 5.01. The van der Waals surface area contributed by atoms with Gasteiger partial charge in [0.15, 0.2) is 11.4 Å². The van der Waals surface area contributed by atoms with Crippen molar-refractivity contribution in [2.24, 2.45) is 11.1 Å². The Labute approximate surface area is 92.7 Å². The molecule has 0 radical (unpaired) electrons. The third kappa shape index (κ3) is 1.65. The van der Waals surface area contributed by atoms with Gasteiger partial charge in [0, 0.05) is 0 Å². The predicted octanol–water partition coefficient (Wildman–Crippen LogP) is 0.418. The number of aromatic amines is 2. The van der Waals surface area contributed by atoms with Crippen LogP contribution < -0.4 is 10.7 Å². The first kappa shape index (κ1) is 10.6. The molecule has 0 unspecified atom stereocenters. The van der Waals surface area contributed by atoms with E-state index in [0.717, 1.165) is 17.2 Å². The largest absolute Gasteiger partial charge is 0.480 e. The van der Waals surface area contributed by atoms with E-state index >= 15 is 0 Å². The Hall–Kier alpha value is -1.88. The molecule has 16 heavy (non-hydrogen) atoms. The first-order valence-electron chi connectivity index (χ1n) is 5.01. The highest BCUT2D eigenvalue weighted by molar-refractivity contribution is 5.83. The standard InChI is InChI=1S/C11H13N3O2/c1-11(10(15)16)4-2-7-8(3-5-11)14-9(6-12)13-7/h2-5H,6,12H2,1H3,(H,13,14)(H,15,16)/p+1. The number of hydrogen-bond donors (Lipinski definition) is 3. The Kier molecular flexibility index (Phi) is 2.40. The van der Waals surface area contributed by atoms with E-state index in [1.165, 1.54) is 0 Å². The summed E-state index contributed by atoms with van der Waals surface area (Å²) in [4.78, 5) is 17.3. The summed E-state index contributed by atoms with van der Waals surface area (Å²) in [6, 6.07) is 0. The van der Waals surface area contributed by atoms with E-state index in [-0.39, 0.29) is 0 Å². The average molecular weight is 220 g/mol. The molecule has 1 aliphatic rings. The third-order valence-corrected chi connectivity index (χ3v) is 2.72. The summed E-state index contributed by atoms with van der Waals surface area (Å²) < 4.78 is 0. The van der Waals surface area contributed by atoms with Crippen LogP contribution in [-0.2, 0) is 11.3 Å². The van der Waals surface area contributed by atoms with Gasteiger partial charge in [0.05, 0.1) is 6.54 Å². The van der Waals surface area contributed by atoms with Crippen LogP contribution in [0, 0.1) is 5.41 Å². The molecule has 2 rings (SSSR count). The van der Waals surface area contributed by atoms with Crippen molar-refractivity contribution in [3.8, 4) is 0 Å². The molecule has 0 saturated heterocycles. The Morgan fingerprint density at radius 1 is 1.56 bits per heavy atom. The molecular weight excluding hydrogens is 206 g/mol. The van der Waals surface area contributed by atoms with Crippen molar-refractivity contribution in [2.45, 2.75) is 13.5 Å². The van der Waals surface area contributed by atoms with Gasteiger partial charge >= 0.3 is 5.97 Å². The van der Waals surface area contributed by atoms with Gasteiger partial charge in [-0.3, -0.25) is 4.79 Å². The number of carbonyl (C=O) groups is 1. The van der Waals surface area contributed by atoms with Gasteiger partial charge in [-0.1, -0.05) is 12.2 Å². The van der Waals surface area contributed by atoms with Gasteiger partial charge in [-0.05, 0) is 19.1 Å². The second-order valence-corrected chi connectivity index (χ2v) is 4.01. The number of nitrogens with one attached hydrogen (secondary N) is 2.